The standard InChI is InChI=1S/C16H32N2.C8H8O3/c1-3-4-5-6-7-8-9-10-11-12-13-18-15-14-17(2)16-18;9-5-6-1-3-7(4-2-6)8(10)11/h14-15H,3-13,16H2,1-2H3;1-4,9H,5H2,(H,10,11). The molecule has 0 unspecified atom stereocenters. The number of hydrogen-bond acceptors (Lipinski definition) is 4. The van der Waals surface area contributed by atoms with E-state index in [9.17, 15) is 4.79 Å². The molecule has 2 N–H and O–H groups in total. The molecule has 0 amide bonds. The molecule has 1 aliphatic heterocycles. The van der Waals surface area contributed by atoms with Gasteiger partial charge in [0.2, 0.25) is 0 Å². The maximum absolute atomic E-state index is 10.3. The molecule has 29 heavy (non-hydrogen) atoms. The summed E-state index contributed by atoms with van der Waals surface area (Å²) in [6, 6.07) is 6.11. The predicted molar refractivity (Wildman–Crippen MR) is 120 cm³/mol. The third-order valence-electron chi connectivity index (χ3n) is 5.12. The summed E-state index contributed by atoms with van der Waals surface area (Å²) in [7, 11) is 2.13. The number of aromatic carboxylic acids is 1. The van der Waals surface area contributed by atoms with E-state index in [1.165, 1.54) is 82.9 Å². The smallest absolute Gasteiger partial charge is 0.335 e. The fraction of sp³-hybridized carbons (Fsp3) is 0.625. The average Bonchev–Trinajstić information content (AvgIpc) is 3.15. The lowest BCUT2D eigenvalue weighted by molar-refractivity contribution is 0.0697. The number of carboxylic acid groups (broad SMARTS) is 1. The van der Waals surface area contributed by atoms with Crippen LogP contribution >= 0.6 is 0 Å². The molecule has 1 aliphatic rings. The lowest BCUT2D eigenvalue weighted by Crippen LogP contribution is -2.23. The van der Waals surface area contributed by atoms with Crippen LogP contribution in [0.5, 0.6) is 0 Å². The Morgan fingerprint density at radius 1 is 0.897 bits per heavy atom. The fourth-order valence-corrected chi connectivity index (χ4v) is 3.29. The number of unbranched alkanes of at least 4 members (excludes halogenated alkanes) is 9. The van der Waals surface area contributed by atoms with Gasteiger partial charge in [0, 0.05) is 26.0 Å². The summed E-state index contributed by atoms with van der Waals surface area (Å²) in [4.78, 5) is 15.0. The van der Waals surface area contributed by atoms with E-state index in [2.05, 4.69) is 36.2 Å². The number of benzene rings is 1. The highest BCUT2D eigenvalue weighted by atomic mass is 16.4. The minimum absolute atomic E-state index is 0.0557. The summed E-state index contributed by atoms with van der Waals surface area (Å²) in [5.41, 5.74) is 0.956. The molecule has 5 heteroatoms. The van der Waals surface area contributed by atoms with Crippen molar-refractivity contribution in [2.24, 2.45) is 0 Å². The van der Waals surface area contributed by atoms with Crippen LogP contribution in [0.4, 0.5) is 0 Å². The second-order valence-electron chi connectivity index (χ2n) is 7.85. The fourth-order valence-electron chi connectivity index (χ4n) is 3.29. The summed E-state index contributed by atoms with van der Waals surface area (Å²) in [5.74, 6) is -0.950. The Hall–Kier alpha value is -2.01. The maximum atomic E-state index is 10.3. The summed E-state index contributed by atoms with van der Waals surface area (Å²) in [6.07, 6.45) is 18.6. The Balaban J connectivity index is 0.000000326. The summed E-state index contributed by atoms with van der Waals surface area (Å²) < 4.78 is 0. The van der Waals surface area contributed by atoms with Gasteiger partial charge in [0.25, 0.3) is 0 Å². The van der Waals surface area contributed by atoms with Crippen molar-refractivity contribution < 1.29 is 15.0 Å². The quantitative estimate of drug-likeness (QED) is 0.427. The first-order valence-corrected chi connectivity index (χ1v) is 11.1. The zero-order valence-electron chi connectivity index (χ0n) is 18.4. The average molecular weight is 405 g/mol. The SMILES string of the molecule is CCCCCCCCCCCCN1C=CN(C)C1.O=C(O)c1ccc(CO)cc1. The van der Waals surface area contributed by atoms with E-state index in [0.717, 1.165) is 12.2 Å². The van der Waals surface area contributed by atoms with Gasteiger partial charge in [0.05, 0.1) is 18.8 Å². The third-order valence-corrected chi connectivity index (χ3v) is 5.12. The molecule has 1 heterocycles. The number of hydrogen-bond donors (Lipinski definition) is 2. The molecule has 164 valence electrons. The number of rotatable bonds is 13. The van der Waals surface area contributed by atoms with Crippen molar-refractivity contribution in [1.29, 1.82) is 0 Å². The van der Waals surface area contributed by atoms with E-state index < -0.39 is 5.97 Å². The maximum Gasteiger partial charge on any atom is 0.335 e. The molecule has 0 atom stereocenters. The Labute approximate surface area is 177 Å². The van der Waals surface area contributed by atoms with Crippen molar-refractivity contribution in [3.63, 3.8) is 0 Å². The van der Waals surface area contributed by atoms with Gasteiger partial charge in [0.1, 0.15) is 0 Å². The molecule has 0 saturated heterocycles. The van der Waals surface area contributed by atoms with Crippen LogP contribution in [-0.4, -0.2) is 46.2 Å². The third kappa shape index (κ3) is 12.2. The Morgan fingerprint density at radius 3 is 1.90 bits per heavy atom. The van der Waals surface area contributed by atoms with Crippen LogP contribution in [0.3, 0.4) is 0 Å². The van der Waals surface area contributed by atoms with E-state index in [4.69, 9.17) is 10.2 Å². The largest absolute Gasteiger partial charge is 0.478 e. The van der Waals surface area contributed by atoms with Gasteiger partial charge in [-0.2, -0.15) is 0 Å². The van der Waals surface area contributed by atoms with Crippen LogP contribution in [0.1, 0.15) is 87.1 Å². The summed E-state index contributed by atoms with van der Waals surface area (Å²) in [5, 5.41) is 17.1. The molecule has 0 aliphatic carbocycles. The van der Waals surface area contributed by atoms with Gasteiger partial charge in [-0.15, -0.1) is 0 Å². The molecular weight excluding hydrogens is 364 g/mol. The predicted octanol–water partition coefficient (Wildman–Crippen LogP) is 5.46. The molecule has 1 aromatic carbocycles. The van der Waals surface area contributed by atoms with E-state index in [0.29, 0.717) is 0 Å². The molecule has 0 aromatic heterocycles. The van der Waals surface area contributed by atoms with E-state index in [1.54, 1.807) is 12.1 Å². The highest BCUT2D eigenvalue weighted by Crippen LogP contribution is 2.12. The number of carbonyl (C=O) groups is 1. The second-order valence-corrected chi connectivity index (χ2v) is 7.85. The normalized spacial score (nSPS) is 12.8. The lowest BCUT2D eigenvalue weighted by Gasteiger charge is -2.17. The van der Waals surface area contributed by atoms with E-state index in [-0.39, 0.29) is 12.2 Å². The highest BCUT2D eigenvalue weighted by molar-refractivity contribution is 5.87. The number of aliphatic hydroxyl groups excluding tert-OH is 1. The van der Waals surface area contributed by atoms with Gasteiger partial charge in [0.15, 0.2) is 0 Å². The molecule has 0 bridgehead atoms. The lowest BCUT2D eigenvalue weighted by atomic mass is 10.1. The second kappa shape index (κ2) is 15.9. The first kappa shape index (κ1) is 25.0. The summed E-state index contributed by atoms with van der Waals surface area (Å²) >= 11 is 0. The van der Waals surface area contributed by atoms with Crippen molar-refractivity contribution in [3.8, 4) is 0 Å². The monoisotopic (exact) mass is 404 g/mol. The van der Waals surface area contributed by atoms with E-state index >= 15 is 0 Å². The van der Waals surface area contributed by atoms with Crippen LogP contribution in [0.25, 0.3) is 0 Å². The zero-order valence-corrected chi connectivity index (χ0v) is 18.4. The first-order valence-electron chi connectivity index (χ1n) is 11.1. The first-order chi connectivity index (χ1) is 14.1. The Kier molecular flexibility index (Phi) is 13.7. The number of aliphatic hydroxyl groups is 1. The van der Waals surface area contributed by atoms with Crippen LogP contribution in [0.2, 0.25) is 0 Å². The van der Waals surface area contributed by atoms with Gasteiger partial charge in [-0.25, -0.2) is 4.79 Å². The van der Waals surface area contributed by atoms with Gasteiger partial charge in [-0.3, -0.25) is 0 Å². The van der Waals surface area contributed by atoms with E-state index in [1.807, 2.05) is 0 Å². The number of nitrogens with zero attached hydrogens (tertiary/aromatic N) is 2. The number of carboxylic acids is 1. The van der Waals surface area contributed by atoms with Crippen molar-refractivity contribution in [3.05, 3.63) is 47.8 Å². The molecular formula is C24H40N2O3. The van der Waals surface area contributed by atoms with Gasteiger partial charge in [-0.05, 0) is 24.1 Å². The molecule has 0 saturated carbocycles. The summed E-state index contributed by atoms with van der Waals surface area (Å²) in [6.45, 7) is 4.54. The highest BCUT2D eigenvalue weighted by Gasteiger charge is 2.06. The van der Waals surface area contributed by atoms with Gasteiger partial charge in [-0.1, -0.05) is 76.8 Å². The van der Waals surface area contributed by atoms with Crippen LogP contribution in [-0.2, 0) is 6.61 Å². The Bertz CT molecular complexity index is 572. The van der Waals surface area contributed by atoms with Crippen LogP contribution in [0, 0.1) is 0 Å². The molecule has 0 fully saturated rings. The van der Waals surface area contributed by atoms with Crippen molar-refractivity contribution in [1.82, 2.24) is 9.80 Å². The van der Waals surface area contributed by atoms with Crippen LogP contribution < -0.4 is 0 Å². The van der Waals surface area contributed by atoms with Crippen LogP contribution in [0.15, 0.2) is 36.7 Å². The minimum Gasteiger partial charge on any atom is -0.478 e. The Morgan fingerprint density at radius 2 is 1.45 bits per heavy atom. The topological polar surface area (TPSA) is 64.0 Å². The molecule has 5 nitrogen and oxygen atoms in total. The zero-order chi connectivity index (χ0) is 21.3. The van der Waals surface area contributed by atoms with Crippen molar-refractivity contribution in [2.45, 2.75) is 77.7 Å². The van der Waals surface area contributed by atoms with Crippen molar-refractivity contribution >= 4 is 5.97 Å². The minimum atomic E-state index is -0.950. The molecule has 0 radical (unpaired) electrons. The van der Waals surface area contributed by atoms with Gasteiger partial charge < -0.3 is 20.0 Å². The molecule has 0 spiro atoms. The van der Waals surface area contributed by atoms with Crippen molar-refractivity contribution in [2.75, 3.05) is 20.3 Å². The molecule has 1 aromatic rings. The molecule has 2 rings (SSSR count). The van der Waals surface area contributed by atoms with Gasteiger partial charge >= 0.3 is 5.97 Å².